The van der Waals surface area contributed by atoms with Gasteiger partial charge in [-0.1, -0.05) is 60.7 Å². The lowest BCUT2D eigenvalue weighted by Gasteiger charge is -2.28. The Labute approximate surface area is 153 Å². The lowest BCUT2D eigenvalue weighted by Crippen LogP contribution is -2.48. The van der Waals surface area contributed by atoms with Crippen molar-refractivity contribution >= 4 is 11.9 Å². The number of hydrogen-bond acceptors (Lipinski definition) is 3. The molecule has 1 saturated heterocycles. The smallest absolute Gasteiger partial charge is 0.323 e. The first-order valence-corrected chi connectivity index (χ1v) is 9.01. The third-order valence-corrected chi connectivity index (χ3v) is 4.74. The highest BCUT2D eigenvalue weighted by Gasteiger charge is 2.30. The molecule has 0 saturated carbocycles. The van der Waals surface area contributed by atoms with Gasteiger partial charge in [-0.2, -0.15) is 0 Å². The molecule has 26 heavy (non-hydrogen) atoms. The van der Waals surface area contributed by atoms with E-state index in [4.69, 9.17) is 5.11 Å². The number of carbonyl (C=O) groups excluding carboxylic acids is 1. The fraction of sp³-hybridized carbons (Fsp3) is 0.333. The highest BCUT2D eigenvalue weighted by atomic mass is 16.4. The molecule has 0 spiro atoms. The Hall–Kier alpha value is -2.66. The minimum Gasteiger partial charge on any atom is -0.480 e. The molecule has 2 N–H and O–H groups in total. The Bertz CT molecular complexity index is 694. The summed E-state index contributed by atoms with van der Waals surface area (Å²) in [7, 11) is 0. The molecule has 0 bridgehead atoms. The largest absolute Gasteiger partial charge is 0.480 e. The van der Waals surface area contributed by atoms with Crippen molar-refractivity contribution < 1.29 is 14.7 Å². The van der Waals surface area contributed by atoms with Crippen LogP contribution in [-0.2, 0) is 9.59 Å². The number of benzene rings is 2. The number of amides is 1. The zero-order chi connectivity index (χ0) is 18.4. The summed E-state index contributed by atoms with van der Waals surface area (Å²) in [5.74, 6) is -1.09. The number of carbonyl (C=O) groups is 2. The van der Waals surface area contributed by atoms with E-state index in [1.54, 1.807) is 0 Å². The van der Waals surface area contributed by atoms with E-state index in [0.717, 1.165) is 24.0 Å². The van der Waals surface area contributed by atoms with E-state index in [2.05, 4.69) is 5.32 Å². The molecular weight excluding hydrogens is 328 g/mol. The summed E-state index contributed by atoms with van der Waals surface area (Å²) in [6.45, 7) is 0.267. The van der Waals surface area contributed by atoms with Gasteiger partial charge in [0.15, 0.2) is 0 Å². The summed E-state index contributed by atoms with van der Waals surface area (Å²) in [6, 6.07) is 19.5. The van der Waals surface area contributed by atoms with E-state index in [1.807, 2.05) is 60.7 Å². The van der Waals surface area contributed by atoms with Gasteiger partial charge in [-0.25, -0.2) is 0 Å². The Morgan fingerprint density at radius 1 is 1.04 bits per heavy atom. The summed E-state index contributed by atoms with van der Waals surface area (Å²) in [6.07, 6.45) is 2.44. The number of aliphatic carboxylic acids is 1. The zero-order valence-corrected chi connectivity index (χ0v) is 14.7. The van der Waals surface area contributed by atoms with Gasteiger partial charge in [0.1, 0.15) is 6.54 Å². The van der Waals surface area contributed by atoms with Crippen molar-refractivity contribution in [1.29, 1.82) is 0 Å². The van der Waals surface area contributed by atoms with Crippen LogP contribution in [-0.4, -0.2) is 41.0 Å². The second-order valence-corrected chi connectivity index (χ2v) is 6.62. The van der Waals surface area contributed by atoms with Crippen LogP contribution in [0.25, 0.3) is 0 Å². The third kappa shape index (κ3) is 4.49. The molecule has 136 valence electrons. The van der Waals surface area contributed by atoms with Gasteiger partial charge in [0.05, 0.1) is 12.1 Å². The molecular formula is C21H24N2O3. The fourth-order valence-corrected chi connectivity index (χ4v) is 3.46. The van der Waals surface area contributed by atoms with Crippen LogP contribution in [0.4, 0.5) is 0 Å². The van der Waals surface area contributed by atoms with Crippen LogP contribution in [0.1, 0.15) is 36.4 Å². The lowest BCUT2D eigenvalue weighted by molar-refractivity contribution is -0.145. The van der Waals surface area contributed by atoms with Gasteiger partial charge in [-0.15, -0.1) is 0 Å². The van der Waals surface area contributed by atoms with Crippen molar-refractivity contribution in [2.24, 2.45) is 0 Å². The number of carboxylic acid groups (broad SMARTS) is 1. The van der Waals surface area contributed by atoms with Crippen molar-refractivity contribution in [3.63, 3.8) is 0 Å². The van der Waals surface area contributed by atoms with Gasteiger partial charge in [-0.3, -0.25) is 14.9 Å². The molecule has 1 unspecified atom stereocenters. The molecule has 0 aromatic heterocycles. The average molecular weight is 352 g/mol. The molecule has 3 rings (SSSR count). The van der Waals surface area contributed by atoms with Crippen LogP contribution in [0.5, 0.6) is 0 Å². The van der Waals surface area contributed by atoms with Crippen molar-refractivity contribution in [2.45, 2.75) is 31.3 Å². The predicted molar refractivity (Wildman–Crippen MR) is 99.7 cm³/mol. The third-order valence-electron chi connectivity index (χ3n) is 4.74. The van der Waals surface area contributed by atoms with Crippen molar-refractivity contribution in [1.82, 2.24) is 10.2 Å². The summed E-state index contributed by atoms with van der Waals surface area (Å²) in [5.41, 5.74) is 2.17. The van der Waals surface area contributed by atoms with Crippen LogP contribution in [0, 0.1) is 0 Å². The maximum absolute atomic E-state index is 12.9. The van der Waals surface area contributed by atoms with Crippen LogP contribution >= 0.6 is 0 Å². The first-order chi connectivity index (χ1) is 12.6. The summed E-state index contributed by atoms with van der Waals surface area (Å²) < 4.78 is 0. The second kappa shape index (κ2) is 8.63. The van der Waals surface area contributed by atoms with Gasteiger partial charge in [0.25, 0.3) is 0 Å². The van der Waals surface area contributed by atoms with Crippen LogP contribution < -0.4 is 5.32 Å². The fourth-order valence-electron chi connectivity index (χ4n) is 3.46. The van der Waals surface area contributed by atoms with Crippen molar-refractivity contribution in [3.05, 3.63) is 71.8 Å². The first-order valence-electron chi connectivity index (χ1n) is 9.01. The SMILES string of the molecule is O=C(O)CN1CCCCC(NC(c2ccccc2)c2ccccc2)C1=O. The predicted octanol–water partition coefficient (Wildman–Crippen LogP) is 2.83. The number of nitrogens with one attached hydrogen (secondary N) is 1. The molecule has 1 fully saturated rings. The van der Waals surface area contributed by atoms with Crippen LogP contribution in [0.3, 0.4) is 0 Å². The van der Waals surface area contributed by atoms with E-state index < -0.39 is 5.97 Å². The van der Waals surface area contributed by atoms with Crippen molar-refractivity contribution in [3.8, 4) is 0 Å². The number of hydrogen-bond donors (Lipinski definition) is 2. The molecule has 1 aliphatic rings. The summed E-state index contributed by atoms with van der Waals surface area (Å²) in [4.78, 5) is 25.4. The second-order valence-electron chi connectivity index (χ2n) is 6.62. The molecule has 2 aromatic carbocycles. The first kappa shape index (κ1) is 18.1. The topological polar surface area (TPSA) is 69.6 Å². The molecule has 1 heterocycles. The summed E-state index contributed by atoms with van der Waals surface area (Å²) in [5, 5.41) is 12.6. The Morgan fingerprint density at radius 3 is 2.15 bits per heavy atom. The molecule has 1 atom stereocenters. The van der Waals surface area contributed by atoms with E-state index in [-0.39, 0.29) is 24.5 Å². The normalized spacial score (nSPS) is 18.0. The van der Waals surface area contributed by atoms with E-state index in [0.29, 0.717) is 13.0 Å². The van der Waals surface area contributed by atoms with E-state index in [1.165, 1.54) is 4.90 Å². The number of nitrogens with zero attached hydrogens (tertiary/aromatic N) is 1. The maximum Gasteiger partial charge on any atom is 0.323 e. The Balaban J connectivity index is 1.85. The van der Waals surface area contributed by atoms with Gasteiger partial charge in [0, 0.05) is 6.54 Å². The quantitative estimate of drug-likeness (QED) is 0.839. The Kier molecular flexibility index (Phi) is 6.02. The van der Waals surface area contributed by atoms with Crippen molar-refractivity contribution in [2.75, 3.05) is 13.1 Å². The average Bonchev–Trinajstić information content (AvgIpc) is 2.83. The minimum atomic E-state index is -0.971. The number of rotatable bonds is 6. The molecule has 2 aromatic rings. The van der Waals surface area contributed by atoms with Gasteiger partial charge >= 0.3 is 5.97 Å². The number of likely N-dealkylation sites (tertiary alicyclic amines) is 1. The highest BCUT2D eigenvalue weighted by molar-refractivity contribution is 5.85. The highest BCUT2D eigenvalue weighted by Crippen LogP contribution is 2.24. The minimum absolute atomic E-state index is 0.115. The lowest BCUT2D eigenvalue weighted by atomic mass is 9.97. The molecule has 5 heteroatoms. The standard InChI is InChI=1S/C21H24N2O3/c24-19(25)15-23-14-8-7-13-18(21(23)26)22-20(16-9-3-1-4-10-16)17-11-5-2-6-12-17/h1-6,9-12,18,20,22H,7-8,13-15H2,(H,24,25). The molecule has 0 aliphatic carbocycles. The van der Waals surface area contributed by atoms with Crippen LogP contribution in [0.15, 0.2) is 60.7 Å². The van der Waals surface area contributed by atoms with E-state index >= 15 is 0 Å². The maximum atomic E-state index is 12.9. The van der Waals surface area contributed by atoms with Gasteiger partial charge < -0.3 is 10.0 Å². The number of carboxylic acids is 1. The summed E-state index contributed by atoms with van der Waals surface area (Å²) >= 11 is 0. The zero-order valence-electron chi connectivity index (χ0n) is 14.7. The van der Waals surface area contributed by atoms with Gasteiger partial charge in [-0.05, 0) is 30.4 Å². The van der Waals surface area contributed by atoms with Gasteiger partial charge in [0.2, 0.25) is 5.91 Å². The molecule has 5 nitrogen and oxygen atoms in total. The monoisotopic (exact) mass is 352 g/mol. The van der Waals surface area contributed by atoms with Crippen LogP contribution in [0.2, 0.25) is 0 Å². The molecule has 1 aliphatic heterocycles. The molecule has 0 radical (unpaired) electrons. The Morgan fingerprint density at radius 2 is 1.62 bits per heavy atom. The van der Waals surface area contributed by atoms with E-state index in [9.17, 15) is 9.59 Å². The molecule has 1 amide bonds.